The van der Waals surface area contributed by atoms with Crippen molar-refractivity contribution in [3.8, 4) is 0 Å². The van der Waals surface area contributed by atoms with Crippen LogP contribution in [0.3, 0.4) is 0 Å². The van der Waals surface area contributed by atoms with E-state index < -0.39 is 6.04 Å². The van der Waals surface area contributed by atoms with Gasteiger partial charge in [-0.05, 0) is 11.1 Å². The van der Waals surface area contributed by atoms with Crippen LogP contribution in [0.15, 0.2) is 24.3 Å². The Labute approximate surface area is 129 Å². The average molecular weight is 303 g/mol. The second-order valence-corrected chi connectivity index (χ2v) is 5.53. The van der Waals surface area contributed by atoms with Gasteiger partial charge in [0.05, 0.1) is 6.54 Å². The Bertz CT molecular complexity index is 600. The van der Waals surface area contributed by atoms with Gasteiger partial charge in [0.2, 0.25) is 17.7 Å². The maximum atomic E-state index is 12.7. The molecule has 1 aliphatic heterocycles. The number of fused-ring (bicyclic) bond motifs is 1. The van der Waals surface area contributed by atoms with Gasteiger partial charge in [0.1, 0.15) is 6.04 Å². The predicted molar refractivity (Wildman–Crippen MR) is 81.9 cm³/mol. The molecule has 2 N–H and O–H groups in total. The van der Waals surface area contributed by atoms with E-state index in [-0.39, 0.29) is 30.2 Å². The van der Waals surface area contributed by atoms with Gasteiger partial charge in [0.25, 0.3) is 0 Å². The highest BCUT2D eigenvalue weighted by molar-refractivity contribution is 5.91. The van der Waals surface area contributed by atoms with Gasteiger partial charge in [-0.1, -0.05) is 31.2 Å². The van der Waals surface area contributed by atoms with Crippen LogP contribution in [0.4, 0.5) is 0 Å². The van der Waals surface area contributed by atoms with Crippen LogP contribution < -0.4 is 10.6 Å². The number of hydrogen-bond acceptors (Lipinski definition) is 3. The van der Waals surface area contributed by atoms with Crippen LogP contribution in [0, 0.1) is 0 Å². The lowest BCUT2D eigenvalue weighted by Gasteiger charge is -2.26. The Balaban J connectivity index is 2.40. The molecular formula is C16H21N3O3. The van der Waals surface area contributed by atoms with E-state index in [0.717, 1.165) is 11.1 Å². The number of rotatable bonds is 3. The molecule has 0 aromatic heterocycles. The van der Waals surface area contributed by atoms with Gasteiger partial charge in [-0.3, -0.25) is 14.4 Å². The van der Waals surface area contributed by atoms with E-state index >= 15 is 0 Å². The second-order valence-electron chi connectivity index (χ2n) is 5.53. The summed E-state index contributed by atoms with van der Waals surface area (Å²) in [6.45, 7) is 3.65. The number of likely N-dealkylation sites (N-methyl/N-ethyl adjacent to an activating group) is 1. The third-order valence-electron chi connectivity index (χ3n) is 3.96. The molecule has 1 aliphatic rings. The minimum absolute atomic E-state index is 0.0214. The summed E-state index contributed by atoms with van der Waals surface area (Å²) in [5, 5.41) is 5.25. The van der Waals surface area contributed by atoms with Gasteiger partial charge in [-0.2, -0.15) is 0 Å². The highest BCUT2D eigenvalue weighted by Gasteiger charge is 2.35. The van der Waals surface area contributed by atoms with Crippen molar-refractivity contribution in [2.24, 2.45) is 0 Å². The zero-order valence-corrected chi connectivity index (χ0v) is 13.1. The number of carbonyl (C=O) groups is 3. The SMILES string of the molecule is CNC(=O)CN1Cc2ccccc2C(C)C(NC(C)=O)C1=O. The Morgan fingerprint density at radius 1 is 1.32 bits per heavy atom. The summed E-state index contributed by atoms with van der Waals surface area (Å²) < 4.78 is 0. The molecule has 2 atom stereocenters. The summed E-state index contributed by atoms with van der Waals surface area (Å²) in [4.78, 5) is 37.3. The van der Waals surface area contributed by atoms with Gasteiger partial charge in [0, 0.05) is 26.4 Å². The Kier molecular flexibility index (Phi) is 4.80. The maximum Gasteiger partial charge on any atom is 0.246 e. The lowest BCUT2D eigenvalue weighted by atomic mass is 9.90. The zero-order chi connectivity index (χ0) is 16.3. The lowest BCUT2D eigenvalue weighted by Crippen LogP contribution is -2.50. The van der Waals surface area contributed by atoms with E-state index in [4.69, 9.17) is 0 Å². The van der Waals surface area contributed by atoms with Crippen molar-refractivity contribution in [2.45, 2.75) is 32.4 Å². The first-order valence-electron chi connectivity index (χ1n) is 7.28. The number of benzene rings is 1. The van der Waals surface area contributed by atoms with Crippen molar-refractivity contribution in [3.05, 3.63) is 35.4 Å². The molecule has 0 saturated heterocycles. The lowest BCUT2D eigenvalue weighted by molar-refractivity contribution is -0.139. The standard InChI is InChI=1S/C16H21N3O3/c1-10-13-7-5-4-6-12(13)8-19(9-14(21)17-3)16(22)15(10)18-11(2)20/h4-7,10,15H,8-9H2,1-3H3,(H,17,21)(H,18,20). The first-order chi connectivity index (χ1) is 10.4. The van der Waals surface area contributed by atoms with Crippen LogP contribution in [0.2, 0.25) is 0 Å². The molecule has 22 heavy (non-hydrogen) atoms. The molecule has 1 aromatic rings. The van der Waals surface area contributed by atoms with Crippen molar-refractivity contribution < 1.29 is 14.4 Å². The maximum absolute atomic E-state index is 12.7. The van der Waals surface area contributed by atoms with Crippen molar-refractivity contribution in [2.75, 3.05) is 13.6 Å². The fourth-order valence-corrected chi connectivity index (χ4v) is 2.79. The number of nitrogens with one attached hydrogen (secondary N) is 2. The number of nitrogens with zero attached hydrogens (tertiary/aromatic N) is 1. The van der Waals surface area contributed by atoms with E-state index in [1.165, 1.54) is 18.9 Å². The number of carbonyl (C=O) groups excluding carboxylic acids is 3. The first-order valence-corrected chi connectivity index (χ1v) is 7.28. The molecule has 2 rings (SSSR count). The summed E-state index contributed by atoms with van der Waals surface area (Å²) in [5.74, 6) is -0.878. The summed E-state index contributed by atoms with van der Waals surface area (Å²) >= 11 is 0. The average Bonchev–Trinajstić information content (AvgIpc) is 2.58. The molecule has 0 radical (unpaired) electrons. The Morgan fingerprint density at radius 2 is 2.00 bits per heavy atom. The van der Waals surface area contributed by atoms with E-state index in [9.17, 15) is 14.4 Å². The second kappa shape index (κ2) is 6.60. The summed E-state index contributed by atoms with van der Waals surface area (Å²) in [7, 11) is 1.53. The van der Waals surface area contributed by atoms with Gasteiger partial charge < -0.3 is 15.5 Å². The summed E-state index contributed by atoms with van der Waals surface area (Å²) in [6.07, 6.45) is 0. The Hall–Kier alpha value is -2.37. The van der Waals surface area contributed by atoms with Gasteiger partial charge in [-0.15, -0.1) is 0 Å². The molecule has 0 bridgehead atoms. The van der Waals surface area contributed by atoms with Crippen molar-refractivity contribution in [1.29, 1.82) is 0 Å². The van der Waals surface area contributed by atoms with Crippen LogP contribution in [0.25, 0.3) is 0 Å². The molecule has 0 fully saturated rings. The fraction of sp³-hybridized carbons (Fsp3) is 0.438. The fourth-order valence-electron chi connectivity index (χ4n) is 2.79. The zero-order valence-electron chi connectivity index (χ0n) is 13.1. The largest absolute Gasteiger partial charge is 0.358 e. The molecule has 118 valence electrons. The molecule has 0 spiro atoms. The van der Waals surface area contributed by atoms with E-state index in [0.29, 0.717) is 6.54 Å². The van der Waals surface area contributed by atoms with Crippen LogP contribution in [0.1, 0.15) is 30.9 Å². The van der Waals surface area contributed by atoms with Crippen molar-refractivity contribution in [3.63, 3.8) is 0 Å². The van der Waals surface area contributed by atoms with Gasteiger partial charge >= 0.3 is 0 Å². The normalized spacial score (nSPS) is 20.9. The minimum Gasteiger partial charge on any atom is -0.358 e. The molecule has 6 nitrogen and oxygen atoms in total. The molecular weight excluding hydrogens is 282 g/mol. The molecule has 1 heterocycles. The highest BCUT2D eigenvalue weighted by atomic mass is 16.2. The quantitative estimate of drug-likeness (QED) is 0.847. The van der Waals surface area contributed by atoms with Crippen LogP contribution in [0.5, 0.6) is 0 Å². The van der Waals surface area contributed by atoms with Crippen LogP contribution in [-0.2, 0) is 20.9 Å². The molecule has 1 aromatic carbocycles. The van der Waals surface area contributed by atoms with Crippen LogP contribution in [-0.4, -0.2) is 42.3 Å². The molecule has 2 unspecified atom stereocenters. The van der Waals surface area contributed by atoms with Crippen LogP contribution >= 0.6 is 0 Å². The molecule has 3 amide bonds. The smallest absolute Gasteiger partial charge is 0.246 e. The van der Waals surface area contributed by atoms with E-state index in [1.807, 2.05) is 31.2 Å². The Morgan fingerprint density at radius 3 is 2.64 bits per heavy atom. The number of amides is 3. The van der Waals surface area contributed by atoms with E-state index in [1.54, 1.807) is 0 Å². The van der Waals surface area contributed by atoms with Gasteiger partial charge in [0.15, 0.2) is 0 Å². The molecule has 0 aliphatic carbocycles. The number of hydrogen-bond donors (Lipinski definition) is 2. The third kappa shape index (κ3) is 3.27. The molecule has 6 heteroatoms. The van der Waals surface area contributed by atoms with Crippen molar-refractivity contribution >= 4 is 17.7 Å². The van der Waals surface area contributed by atoms with Crippen molar-refractivity contribution in [1.82, 2.24) is 15.5 Å². The minimum atomic E-state index is -0.661. The third-order valence-corrected chi connectivity index (χ3v) is 3.96. The highest BCUT2D eigenvalue weighted by Crippen LogP contribution is 2.29. The topological polar surface area (TPSA) is 78.5 Å². The predicted octanol–water partition coefficient (Wildman–Crippen LogP) is 0.383. The summed E-state index contributed by atoms with van der Waals surface area (Å²) in [5.41, 5.74) is 2.02. The monoisotopic (exact) mass is 303 g/mol. The first kappa shape index (κ1) is 16.0. The van der Waals surface area contributed by atoms with Gasteiger partial charge in [-0.25, -0.2) is 0 Å². The van der Waals surface area contributed by atoms with E-state index in [2.05, 4.69) is 10.6 Å². The summed E-state index contributed by atoms with van der Waals surface area (Å²) in [6, 6.07) is 7.08. The molecule has 0 saturated carbocycles.